The van der Waals surface area contributed by atoms with Crippen molar-refractivity contribution in [3.8, 4) is 0 Å². The summed E-state index contributed by atoms with van der Waals surface area (Å²) in [4.78, 5) is 0. The zero-order valence-corrected chi connectivity index (χ0v) is 11.0. The SMILES string of the molecule is C[C@H](NC1CCC(O)CC1)c1ccc(Cl)cc1. The lowest BCUT2D eigenvalue weighted by Crippen LogP contribution is -2.36. The normalized spacial score (nSPS) is 26.8. The van der Waals surface area contributed by atoms with E-state index in [4.69, 9.17) is 11.6 Å². The molecule has 0 unspecified atom stereocenters. The number of aliphatic hydroxyl groups is 1. The number of hydrogen-bond acceptors (Lipinski definition) is 2. The van der Waals surface area contributed by atoms with E-state index >= 15 is 0 Å². The van der Waals surface area contributed by atoms with Crippen LogP contribution < -0.4 is 5.32 Å². The minimum absolute atomic E-state index is 0.0844. The first kappa shape index (κ1) is 12.9. The average Bonchev–Trinajstić information content (AvgIpc) is 2.33. The van der Waals surface area contributed by atoms with E-state index in [9.17, 15) is 5.11 Å². The highest BCUT2D eigenvalue weighted by Gasteiger charge is 2.20. The third-order valence-electron chi connectivity index (χ3n) is 3.55. The predicted octanol–water partition coefficient (Wildman–Crippen LogP) is 3.29. The Labute approximate surface area is 108 Å². The van der Waals surface area contributed by atoms with Crippen molar-refractivity contribution in [2.45, 2.75) is 50.8 Å². The summed E-state index contributed by atoms with van der Waals surface area (Å²) < 4.78 is 0. The summed E-state index contributed by atoms with van der Waals surface area (Å²) in [5.74, 6) is 0. The number of halogens is 1. The highest BCUT2D eigenvalue weighted by atomic mass is 35.5. The summed E-state index contributed by atoms with van der Waals surface area (Å²) in [5, 5.41) is 13.9. The van der Waals surface area contributed by atoms with Crippen LogP contribution in [0.5, 0.6) is 0 Å². The summed E-state index contributed by atoms with van der Waals surface area (Å²) in [6.07, 6.45) is 3.90. The molecule has 2 rings (SSSR count). The first-order valence-electron chi connectivity index (χ1n) is 6.34. The van der Waals surface area contributed by atoms with Gasteiger partial charge in [0.15, 0.2) is 0 Å². The standard InChI is InChI=1S/C14H20ClNO/c1-10(11-2-4-12(15)5-3-11)16-13-6-8-14(17)9-7-13/h2-5,10,13-14,16-17H,6-9H2,1H3/t10-,13?,14?/m0/s1. The molecular weight excluding hydrogens is 234 g/mol. The van der Waals surface area contributed by atoms with Crippen molar-refractivity contribution in [2.75, 3.05) is 0 Å². The van der Waals surface area contributed by atoms with Crippen molar-refractivity contribution < 1.29 is 5.11 Å². The molecule has 0 spiro atoms. The third kappa shape index (κ3) is 3.70. The number of rotatable bonds is 3. The molecular formula is C14H20ClNO. The fourth-order valence-corrected chi connectivity index (χ4v) is 2.57. The molecule has 0 aliphatic heterocycles. The smallest absolute Gasteiger partial charge is 0.0541 e. The molecule has 2 N–H and O–H groups in total. The van der Waals surface area contributed by atoms with Gasteiger partial charge in [0.1, 0.15) is 0 Å². The summed E-state index contributed by atoms with van der Waals surface area (Å²) in [5.41, 5.74) is 1.26. The molecule has 0 amide bonds. The van der Waals surface area contributed by atoms with Crippen LogP contribution in [0.15, 0.2) is 24.3 Å². The van der Waals surface area contributed by atoms with Crippen LogP contribution in [-0.2, 0) is 0 Å². The van der Waals surface area contributed by atoms with Crippen LogP contribution in [0.1, 0.15) is 44.2 Å². The Kier molecular flexibility index (Phi) is 4.43. The molecule has 1 aromatic rings. The molecule has 94 valence electrons. The van der Waals surface area contributed by atoms with Gasteiger partial charge in [-0.2, -0.15) is 0 Å². The molecule has 0 aromatic heterocycles. The predicted molar refractivity (Wildman–Crippen MR) is 71.3 cm³/mol. The van der Waals surface area contributed by atoms with E-state index in [2.05, 4.69) is 24.4 Å². The molecule has 0 heterocycles. The van der Waals surface area contributed by atoms with Crippen LogP contribution in [-0.4, -0.2) is 17.3 Å². The van der Waals surface area contributed by atoms with Gasteiger partial charge in [0, 0.05) is 17.1 Å². The van der Waals surface area contributed by atoms with Gasteiger partial charge in [0.2, 0.25) is 0 Å². The Morgan fingerprint density at radius 3 is 2.35 bits per heavy atom. The molecule has 0 saturated heterocycles. The molecule has 0 bridgehead atoms. The van der Waals surface area contributed by atoms with E-state index in [0.717, 1.165) is 30.7 Å². The second kappa shape index (κ2) is 5.85. The molecule has 0 radical (unpaired) electrons. The van der Waals surface area contributed by atoms with E-state index in [0.29, 0.717) is 12.1 Å². The van der Waals surface area contributed by atoms with E-state index in [1.807, 2.05) is 12.1 Å². The van der Waals surface area contributed by atoms with Crippen LogP contribution >= 0.6 is 11.6 Å². The van der Waals surface area contributed by atoms with Gasteiger partial charge in [-0.3, -0.25) is 0 Å². The van der Waals surface area contributed by atoms with Crippen molar-refractivity contribution in [3.63, 3.8) is 0 Å². The number of nitrogens with one attached hydrogen (secondary N) is 1. The summed E-state index contributed by atoms with van der Waals surface area (Å²) in [7, 11) is 0. The lowest BCUT2D eigenvalue weighted by molar-refractivity contribution is 0.114. The van der Waals surface area contributed by atoms with Crippen molar-refractivity contribution in [3.05, 3.63) is 34.9 Å². The third-order valence-corrected chi connectivity index (χ3v) is 3.80. The van der Waals surface area contributed by atoms with Crippen LogP contribution in [0.4, 0.5) is 0 Å². The van der Waals surface area contributed by atoms with Crippen molar-refractivity contribution in [1.29, 1.82) is 0 Å². The van der Waals surface area contributed by atoms with E-state index in [1.54, 1.807) is 0 Å². The molecule has 1 fully saturated rings. The number of benzene rings is 1. The molecule has 1 aromatic carbocycles. The Balaban J connectivity index is 1.88. The second-order valence-corrected chi connectivity index (χ2v) is 5.38. The van der Waals surface area contributed by atoms with Gasteiger partial charge >= 0.3 is 0 Å². The molecule has 1 atom stereocenters. The zero-order valence-electron chi connectivity index (χ0n) is 10.2. The molecule has 1 saturated carbocycles. The molecule has 1 aliphatic rings. The minimum Gasteiger partial charge on any atom is -0.393 e. The van der Waals surface area contributed by atoms with Crippen molar-refractivity contribution in [1.82, 2.24) is 5.32 Å². The lowest BCUT2D eigenvalue weighted by atomic mass is 9.92. The maximum atomic E-state index is 9.47. The number of hydrogen-bond donors (Lipinski definition) is 2. The Bertz CT molecular complexity index is 344. The van der Waals surface area contributed by atoms with Crippen molar-refractivity contribution >= 4 is 11.6 Å². The van der Waals surface area contributed by atoms with Crippen LogP contribution in [0.3, 0.4) is 0 Å². The molecule has 1 aliphatic carbocycles. The second-order valence-electron chi connectivity index (χ2n) is 4.95. The first-order chi connectivity index (χ1) is 8.15. The highest BCUT2D eigenvalue weighted by molar-refractivity contribution is 6.30. The van der Waals surface area contributed by atoms with Crippen LogP contribution in [0.25, 0.3) is 0 Å². The fraction of sp³-hybridized carbons (Fsp3) is 0.571. The molecule has 2 nitrogen and oxygen atoms in total. The fourth-order valence-electron chi connectivity index (χ4n) is 2.44. The van der Waals surface area contributed by atoms with Gasteiger partial charge in [0.05, 0.1) is 6.10 Å². The van der Waals surface area contributed by atoms with Gasteiger partial charge in [-0.15, -0.1) is 0 Å². The van der Waals surface area contributed by atoms with Gasteiger partial charge < -0.3 is 10.4 Å². The summed E-state index contributed by atoms with van der Waals surface area (Å²) in [6, 6.07) is 8.87. The average molecular weight is 254 g/mol. The number of aliphatic hydroxyl groups excluding tert-OH is 1. The lowest BCUT2D eigenvalue weighted by Gasteiger charge is -2.29. The summed E-state index contributed by atoms with van der Waals surface area (Å²) in [6.45, 7) is 2.17. The Morgan fingerprint density at radius 1 is 1.18 bits per heavy atom. The molecule has 3 heteroatoms. The van der Waals surface area contributed by atoms with Crippen molar-refractivity contribution in [2.24, 2.45) is 0 Å². The first-order valence-corrected chi connectivity index (χ1v) is 6.72. The largest absolute Gasteiger partial charge is 0.393 e. The maximum absolute atomic E-state index is 9.47. The Hall–Kier alpha value is -0.570. The van der Waals surface area contributed by atoms with Crippen LogP contribution in [0, 0.1) is 0 Å². The van der Waals surface area contributed by atoms with Gasteiger partial charge in [0.25, 0.3) is 0 Å². The highest BCUT2D eigenvalue weighted by Crippen LogP contribution is 2.22. The quantitative estimate of drug-likeness (QED) is 0.867. The zero-order chi connectivity index (χ0) is 12.3. The monoisotopic (exact) mass is 253 g/mol. The minimum atomic E-state index is -0.0844. The molecule has 17 heavy (non-hydrogen) atoms. The van der Waals surface area contributed by atoms with E-state index in [1.165, 1.54) is 5.56 Å². The summed E-state index contributed by atoms with van der Waals surface area (Å²) >= 11 is 5.88. The van der Waals surface area contributed by atoms with Crippen LogP contribution in [0.2, 0.25) is 5.02 Å². The van der Waals surface area contributed by atoms with Gasteiger partial charge in [-0.1, -0.05) is 23.7 Å². The van der Waals surface area contributed by atoms with Gasteiger partial charge in [-0.05, 0) is 50.3 Å². The maximum Gasteiger partial charge on any atom is 0.0541 e. The van der Waals surface area contributed by atoms with E-state index in [-0.39, 0.29) is 6.10 Å². The van der Waals surface area contributed by atoms with Gasteiger partial charge in [-0.25, -0.2) is 0 Å². The van der Waals surface area contributed by atoms with E-state index < -0.39 is 0 Å². The topological polar surface area (TPSA) is 32.3 Å². The Morgan fingerprint density at radius 2 is 1.76 bits per heavy atom.